The summed E-state index contributed by atoms with van der Waals surface area (Å²) in [4.78, 5) is 12.9. The Bertz CT molecular complexity index is 808. The summed E-state index contributed by atoms with van der Waals surface area (Å²) in [6, 6.07) is 13.2. The van der Waals surface area contributed by atoms with Gasteiger partial charge in [0.2, 0.25) is 0 Å². The maximum Gasteiger partial charge on any atom is 0.251 e. The molecule has 0 bridgehead atoms. The molecule has 2 aliphatic rings. The summed E-state index contributed by atoms with van der Waals surface area (Å²) in [5.41, 5.74) is 7.83. The number of rotatable bonds is 4. The zero-order chi connectivity index (χ0) is 17.9. The van der Waals surface area contributed by atoms with Crippen LogP contribution < -0.4 is 5.32 Å². The van der Waals surface area contributed by atoms with Gasteiger partial charge in [0.1, 0.15) is 0 Å². The van der Waals surface area contributed by atoms with Crippen molar-refractivity contribution in [3.63, 3.8) is 0 Å². The van der Waals surface area contributed by atoms with Crippen LogP contribution >= 0.6 is 0 Å². The first-order chi connectivity index (χ1) is 12.7. The summed E-state index contributed by atoms with van der Waals surface area (Å²) in [7, 11) is 0. The van der Waals surface area contributed by atoms with Crippen molar-refractivity contribution in [2.24, 2.45) is 0 Å². The lowest BCUT2D eigenvalue weighted by Crippen LogP contribution is -2.28. The van der Waals surface area contributed by atoms with Gasteiger partial charge in [-0.2, -0.15) is 0 Å². The van der Waals surface area contributed by atoms with Crippen LogP contribution in [0, 0.1) is 0 Å². The number of aryl methyl sites for hydroxylation is 4. The van der Waals surface area contributed by atoms with Crippen molar-refractivity contribution >= 4 is 5.91 Å². The van der Waals surface area contributed by atoms with Crippen molar-refractivity contribution in [2.75, 3.05) is 0 Å². The van der Waals surface area contributed by atoms with Gasteiger partial charge in [0.15, 0.2) is 0 Å². The van der Waals surface area contributed by atoms with Crippen molar-refractivity contribution in [3.8, 4) is 0 Å². The maximum absolute atomic E-state index is 12.9. The van der Waals surface area contributed by atoms with E-state index in [0.717, 1.165) is 24.8 Å². The molecule has 4 rings (SSSR count). The highest BCUT2D eigenvalue weighted by Crippen LogP contribution is 2.27. The molecule has 1 atom stereocenters. The fraction of sp³-hybridized carbons (Fsp3) is 0.458. The number of hydrogen-bond acceptors (Lipinski definition) is 1. The quantitative estimate of drug-likeness (QED) is 0.796. The molecule has 1 N–H and O–H groups in total. The van der Waals surface area contributed by atoms with Gasteiger partial charge in [0, 0.05) is 5.56 Å². The Morgan fingerprint density at radius 2 is 1.42 bits per heavy atom. The Kier molecular flexibility index (Phi) is 5.10. The Morgan fingerprint density at radius 1 is 0.846 bits per heavy atom. The van der Waals surface area contributed by atoms with E-state index in [1.165, 1.54) is 66.3 Å². The van der Waals surface area contributed by atoms with E-state index in [1.54, 1.807) is 0 Å². The van der Waals surface area contributed by atoms with Crippen LogP contribution in [0.25, 0.3) is 0 Å². The molecule has 0 saturated heterocycles. The fourth-order valence-electron chi connectivity index (χ4n) is 4.51. The van der Waals surface area contributed by atoms with E-state index in [1.807, 2.05) is 6.07 Å². The molecule has 0 aromatic heterocycles. The van der Waals surface area contributed by atoms with Gasteiger partial charge >= 0.3 is 0 Å². The molecule has 2 aliphatic carbocycles. The van der Waals surface area contributed by atoms with Crippen LogP contribution in [0.1, 0.15) is 83.2 Å². The normalized spacial score (nSPS) is 17.1. The molecule has 2 aromatic rings. The molecule has 0 unspecified atom stereocenters. The van der Waals surface area contributed by atoms with Crippen LogP contribution in [0.5, 0.6) is 0 Å². The van der Waals surface area contributed by atoms with Gasteiger partial charge in [0.05, 0.1) is 6.04 Å². The van der Waals surface area contributed by atoms with Gasteiger partial charge in [-0.05, 0) is 97.7 Å². The lowest BCUT2D eigenvalue weighted by molar-refractivity contribution is 0.0935. The van der Waals surface area contributed by atoms with Crippen LogP contribution in [0.15, 0.2) is 36.4 Å². The lowest BCUT2D eigenvalue weighted by Gasteiger charge is -2.22. The molecule has 0 aliphatic heterocycles. The number of benzene rings is 2. The topological polar surface area (TPSA) is 29.1 Å². The van der Waals surface area contributed by atoms with Crippen LogP contribution in [-0.2, 0) is 25.7 Å². The van der Waals surface area contributed by atoms with Crippen molar-refractivity contribution < 1.29 is 4.79 Å². The maximum atomic E-state index is 12.9. The van der Waals surface area contributed by atoms with Gasteiger partial charge < -0.3 is 5.32 Å². The SMILES string of the molecule is CC[C@@H](NC(=O)c1ccc2c(c1)CCCC2)c1ccc2c(c1)CCCC2. The number of hydrogen-bond donors (Lipinski definition) is 1. The molecule has 2 aromatic carbocycles. The first kappa shape index (κ1) is 17.3. The predicted octanol–water partition coefficient (Wildman–Crippen LogP) is 5.33. The first-order valence-electron chi connectivity index (χ1n) is 10.3. The minimum Gasteiger partial charge on any atom is -0.345 e. The van der Waals surface area contributed by atoms with Gasteiger partial charge in [-0.3, -0.25) is 4.79 Å². The van der Waals surface area contributed by atoms with Gasteiger partial charge in [-0.15, -0.1) is 0 Å². The van der Waals surface area contributed by atoms with E-state index in [-0.39, 0.29) is 11.9 Å². The third kappa shape index (κ3) is 3.56. The molecule has 0 heterocycles. The molecule has 26 heavy (non-hydrogen) atoms. The minimum absolute atomic E-state index is 0.0583. The van der Waals surface area contributed by atoms with Crippen LogP contribution in [-0.4, -0.2) is 5.91 Å². The molecule has 0 radical (unpaired) electrons. The van der Waals surface area contributed by atoms with Crippen LogP contribution in [0.2, 0.25) is 0 Å². The largest absolute Gasteiger partial charge is 0.345 e. The second-order valence-electron chi connectivity index (χ2n) is 7.86. The minimum atomic E-state index is 0.0583. The molecule has 0 fully saturated rings. The summed E-state index contributed by atoms with van der Waals surface area (Å²) in [5.74, 6) is 0.0583. The number of carbonyl (C=O) groups excluding carboxylic acids is 1. The monoisotopic (exact) mass is 347 g/mol. The fourth-order valence-corrected chi connectivity index (χ4v) is 4.51. The molecular weight excluding hydrogens is 318 g/mol. The standard InChI is InChI=1S/C24H29NO/c1-2-23(21-13-11-17-7-3-5-9-19(17)15-21)25-24(26)22-14-12-18-8-4-6-10-20(18)16-22/h11-16,23H,2-10H2,1H3,(H,25,26)/t23-/m1/s1. The lowest BCUT2D eigenvalue weighted by atomic mass is 9.88. The number of carbonyl (C=O) groups is 1. The van der Waals surface area contributed by atoms with Crippen molar-refractivity contribution in [1.82, 2.24) is 5.32 Å². The van der Waals surface area contributed by atoms with Crippen molar-refractivity contribution in [3.05, 3.63) is 69.8 Å². The van der Waals surface area contributed by atoms with E-state index >= 15 is 0 Å². The number of amides is 1. The van der Waals surface area contributed by atoms with Gasteiger partial charge in [-0.1, -0.05) is 31.2 Å². The Morgan fingerprint density at radius 3 is 2.08 bits per heavy atom. The van der Waals surface area contributed by atoms with E-state index in [2.05, 4.69) is 42.6 Å². The summed E-state index contributed by atoms with van der Waals surface area (Å²) >= 11 is 0. The summed E-state index contributed by atoms with van der Waals surface area (Å²) in [5, 5.41) is 3.27. The predicted molar refractivity (Wildman–Crippen MR) is 107 cm³/mol. The molecule has 1 amide bonds. The van der Waals surface area contributed by atoms with Crippen LogP contribution in [0.3, 0.4) is 0 Å². The van der Waals surface area contributed by atoms with Crippen LogP contribution in [0.4, 0.5) is 0 Å². The Labute approximate surface area is 157 Å². The first-order valence-corrected chi connectivity index (χ1v) is 10.3. The second-order valence-corrected chi connectivity index (χ2v) is 7.86. The van der Waals surface area contributed by atoms with E-state index < -0.39 is 0 Å². The number of nitrogens with one attached hydrogen (secondary N) is 1. The zero-order valence-corrected chi connectivity index (χ0v) is 15.8. The average molecular weight is 348 g/mol. The molecular formula is C24H29NO. The van der Waals surface area contributed by atoms with Crippen molar-refractivity contribution in [1.29, 1.82) is 0 Å². The zero-order valence-electron chi connectivity index (χ0n) is 15.8. The average Bonchev–Trinajstić information content (AvgIpc) is 2.71. The van der Waals surface area contributed by atoms with E-state index in [9.17, 15) is 4.79 Å². The Hall–Kier alpha value is -2.09. The van der Waals surface area contributed by atoms with E-state index in [4.69, 9.17) is 0 Å². The summed E-state index contributed by atoms with van der Waals surface area (Å²) < 4.78 is 0. The van der Waals surface area contributed by atoms with E-state index in [0.29, 0.717) is 0 Å². The highest BCUT2D eigenvalue weighted by atomic mass is 16.1. The molecule has 2 heteroatoms. The highest BCUT2D eigenvalue weighted by Gasteiger charge is 2.18. The smallest absolute Gasteiger partial charge is 0.251 e. The number of fused-ring (bicyclic) bond motifs is 2. The second kappa shape index (κ2) is 7.65. The van der Waals surface area contributed by atoms with Gasteiger partial charge in [-0.25, -0.2) is 0 Å². The molecule has 136 valence electrons. The molecule has 0 saturated carbocycles. The summed E-state index contributed by atoms with van der Waals surface area (Å²) in [6.45, 7) is 2.15. The molecule has 2 nitrogen and oxygen atoms in total. The third-order valence-corrected chi connectivity index (χ3v) is 6.10. The van der Waals surface area contributed by atoms with Gasteiger partial charge in [0.25, 0.3) is 5.91 Å². The molecule has 0 spiro atoms. The summed E-state index contributed by atoms with van der Waals surface area (Å²) in [6.07, 6.45) is 10.7. The highest BCUT2D eigenvalue weighted by molar-refractivity contribution is 5.94. The third-order valence-electron chi connectivity index (χ3n) is 6.10. The van der Waals surface area contributed by atoms with Crippen molar-refractivity contribution in [2.45, 2.75) is 70.8 Å². The Balaban J connectivity index is 1.52.